The lowest BCUT2D eigenvalue weighted by atomic mass is 10.0. The number of nitrogens with one attached hydrogen (secondary N) is 1. The fraction of sp³-hybridized carbons (Fsp3) is 0.429. The summed E-state index contributed by atoms with van der Waals surface area (Å²) in [6, 6.07) is 3.93. The zero-order chi connectivity index (χ0) is 15.1. The lowest BCUT2D eigenvalue weighted by Gasteiger charge is -2.18. The standard InChI is InChI=1S/C14H20ClN5O/c1-21-9-8-20-14(12(15)10-18-20)13(19-16)3-2-11-4-6-17-7-5-11/h4-7,10,13,19H,2-3,8-9,16H2,1H3. The Morgan fingerprint density at radius 3 is 2.86 bits per heavy atom. The molecule has 21 heavy (non-hydrogen) atoms. The van der Waals surface area contributed by atoms with Crippen LogP contribution in [0.25, 0.3) is 0 Å². The molecule has 7 heteroatoms. The third-order valence-corrected chi connectivity index (χ3v) is 3.63. The van der Waals surface area contributed by atoms with Crippen molar-refractivity contribution in [2.75, 3.05) is 13.7 Å². The van der Waals surface area contributed by atoms with Gasteiger partial charge in [0.2, 0.25) is 0 Å². The van der Waals surface area contributed by atoms with Crippen LogP contribution in [0.4, 0.5) is 0 Å². The van der Waals surface area contributed by atoms with E-state index in [0.717, 1.165) is 18.5 Å². The van der Waals surface area contributed by atoms with Crippen molar-refractivity contribution < 1.29 is 4.74 Å². The fourth-order valence-electron chi connectivity index (χ4n) is 2.23. The molecule has 0 saturated heterocycles. The Balaban J connectivity index is 2.08. The number of nitrogens with zero attached hydrogens (tertiary/aromatic N) is 3. The SMILES string of the molecule is COCCn1ncc(Cl)c1C(CCc1ccncc1)NN. The third kappa shape index (κ3) is 4.25. The quantitative estimate of drug-likeness (QED) is 0.573. The van der Waals surface area contributed by atoms with Crippen LogP contribution in [0, 0.1) is 0 Å². The molecule has 1 unspecified atom stereocenters. The first-order valence-corrected chi connectivity index (χ1v) is 7.19. The number of hydrogen-bond acceptors (Lipinski definition) is 5. The molecule has 0 radical (unpaired) electrons. The number of ether oxygens (including phenoxy) is 1. The molecular formula is C14H20ClN5O. The molecule has 3 N–H and O–H groups in total. The second kappa shape index (κ2) is 8.09. The number of methoxy groups -OCH3 is 1. The summed E-state index contributed by atoms with van der Waals surface area (Å²) in [7, 11) is 1.66. The molecular weight excluding hydrogens is 290 g/mol. The smallest absolute Gasteiger partial charge is 0.0834 e. The number of rotatable bonds is 8. The van der Waals surface area contributed by atoms with Crippen LogP contribution in [-0.4, -0.2) is 28.5 Å². The van der Waals surface area contributed by atoms with E-state index in [9.17, 15) is 0 Å². The highest BCUT2D eigenvalue weighted by Crippen LogP contribution is 2.25. The normalized spacial score (nSPS) is 12.5. The molecule has 2 aromatic rings. The Kier molecular flexibility index (Phi) is 6.13. The van der Waals surface area contributed by atoms with Crippen molar-refractivity contribution in [1.82, 2.24) is 20.2 Å². The zero-order valence-corrected chi connectivity index (χ0v) is 12.8. The fourth-order valence-corrected chi connectivity index (χ4v) is 2.51. The molecule has 2 aromatic heterocycles. The Hall–Kier alpha value is -1.47. The van der Waals surface area contributed by atoms with E-state index in [1.165, 1.54) is 5.56 Å². The minimum Gasteiger partial charge on any atom is -0.383 e. The lowest BCUT2D eigenvalue weighted by Crippen LogP contribution is -2.31. The first-order valence-electron chi connectivity index (χ1n) is 6.81. The average molecular weight is 310 g/mol. The number of aryl methyl sites for hydroxylation is 1. The molecule has 0 amide bonds. The summed E-state index contributed by atoms with van der Waals surface area (Å²) in [6.07, 6.45) is 6.91. The van der Waals surface area contributed by atoms with Gasteiger partial charge in [-0.1, -0.05) is 11.6 Å². The van der Waals surface area contributed by atoms with Crippen LogP contribution < -0.4 is 11.3 Å². The summed E-state index contributed by atoms with van der Waals surface area (Å²) in [6.45, 7) is 1.22. The largest absolute Gasteiger partial charge is 0.383 e. The van der Waals surface area contributed by atoms with Gasteiger partial charge in [-0.25, -0.2) is 0 Å². The first kappa shape index (κ1) is 15.9. The number of hydrazine groups is 1. The molecule has 0 bridgehead atoms. The second-order valence-corrected chi connectivity index (χ2v) is 5.11. The highest BCUT2D eigenvalue weighted by molar-refractivity contribution is 6.31. The zero-order valence-electron chi connectivity index (χ0n) is 12.0. The van der Waals surface area contributed by atoms with Crippen LogP contribution in [0.15, 0.2) is 30.7 Å². The van der Waals surface area contributed by atoms with E-state index in [1.807, 2.05) is 16.8 Å². The van der Waals surface area contributed by atoms with Gasteiger partial charge in [-0.05, 0) is 30.5 Å². The van der Waals surface area contributed by atoms with Crippen LogP contribution >= 0.6 is 11.6 Å². The van der Waals surface area contributed by atoms with Gasteiger partial charge in [0.05, 0.1) is 36.1 Å². The monoisotopic (exact) mass is 309 g/mol. The van der Waals surface area contributed by atoms with Gasteiger partial charge in [0, 0.05) is 19.5 Å². The molecule has 0 aliphatic heterocycles. The van der Waals surface area contributed by atoms with Crippen LogP contribution in [0.1, 0.15) is 23.7 Å². The molecule has 1 atom stereocenters. The van der Waals surface area contributed by atoms with Crippen molar-refractivity contribution in [3.8, 4) is 0 Å². The first-order chi connectivity index (χ1) is 10.3. The number of nitrogens with two attached hydrogens (primary N) is 1. The van der Waals surface area contributed by atoms with Crippen molar-refractivity contribution in [2.24, 2.45) is 5.84 Å². The highest BCUT2D eigenvalue weighted by Gasteiger charge is 2.19. The Labute approximate surface area is 129 Å². The molecule has 0 saturated carbocycles. The van der Waals surface area contributed by atoms with Crippen LogP contribution in [-0.2, 0) is 17.7 Å². The molecule has 114 valence electrons. The molecule has 0 aliphatic carbocycles. The van der Waals surface area contributed by atoms with Crippen molar-refractivity contribution in [3.05, 3.63) is 47.0 Å². The van der Waals surface area contributed by atoms with E-state index in [4.69, 9.17) is 22.2 Å². The third-order valence-electron chi connectivity index (χ3n) is 3.34. The molecule has 6 nitrogen and oxygen atoms in total. The summed E-state index contributed by atoms with van der Waals surface area (Å²) in [5.41, 5.74) is 4.94. The van der Waals surface area contributed by atoms with Crippen molar-refractivity contribution >= 4 is 11.6 Å². The highest BCUT2D eigenvalue weighted by atomic mass is 35.5. The maximum atomic E-state index is 6.25. The van der Waals surface area contributed by atoms with Gasteiger partial charge in [0.1, 0.15) is 0 Å². The number of aromatic nitrogens is 3. The maximum Gasteiger partial charge on any atom is 0.0834 e. The van der Waals surface area contributed by atoms with Gasteiger partial charge in [-0.3, -0.25) is 20.9 Å². The molecule has 0 fully saturated rings. The van der Waals surface area contributed by atoms with Gasteiger partial charge in [0.15, 0.2) is 0 Å². The summed E-state index contributed by atoms with van der Waals surface area (Å²) in [4.78, 5) is 4.02. The van der Waals surface area contributed by atoms with E-state index in [-0.39, 0.29) is 6.04 Å². The Bertz CT molecular complexity index is 546. The summed E-state index contributed by atoms with van der Waals surface area (Å²) < 4.78 is 6.93. The maximum absolute atomic E-state index is 6.25. The van der Waals surface area contributed by atoms with E-state index in [0.29, 0.717) is 18.2 Å². The molecule has 0 aromatic carbocycles. The average Bonchev–Trinajstić information content (AvgIpc) is 2.88. The topological polar surface area (TPSA) is 78.0 Å². The van der Waals surface area contributed by atoms with E-state index in [1.54, 1.807) is 25.7 Å². The summed E-state index contributed by atoms with van der Waals surface area (Å²) in [5, 5.41) is 4.89. The lowest BCUT2D eigenvalue weighted by molar-refractivity contribution is 0.181. The van der Waals surface area contributed by atoms with Gasteiger partial charge in [-0.15, -0.1) is 0 Å². The van der Waals surface area contributed by atoms with Crippen molar-refractivity contribution in [3.63, 3.8) is 0 Å². The van der Waals surface area contributed by atoms with Crippen LogP contribution in [0.5, 0.6) is 0 Å². The Morgan fingerprint density at radius 2 is 2.19 bits per heavy atom. The summed E-state index contributed by atoms with van der Waals surface area (Å²) in [5.74, 6) is 5.70. The van der Waals surface area contributed by atoms with Gasteiger partial charge in [0.25, 0.3) is 0 Å². The predicted octanol–water partition coefficient (Wildman–Crippen LogP) is 1.72. The predicted molar refractivity (Wildman–Crippen MR) is 81.7 cm³/mol. The Morgan fingerprint density at radius 1 is 1.43 bits per heavy atom. The number of pyridine rings is 1. The number of halogens is 1. The minimum absolute atomic E-state index is 0.0648. The molecule has 2 rings (SSSR count). The summed E-state index contributed by atoms with van der Waals surface area (Å²) >= 11 is 6.25. The van der Waals surface area contributed by atoms with Crippen molar-refractivity contribution in [1.29, 1.82) is 0 Å². The van der Waals surface area contributed by atoms with E-state index in [2.05, 4.69) is 15.5 Å². The molecule has 0 aliphatic rings. The van der Waals surface area contributed by atoms with Gasteiger partial charge in [-0.2, -0.15) is 5.10 Å². The van der Waals surface area contributed by atoms with Gasteiger partial charge < -0.3 is 4.74 Å². The van der Waals surface area contributed by atoms with Crippen molar-refractivity contribution in [2.45, 2.75) is 25.4 Å². The van der Waals surface area contributed by atoms with Gasteiger partial charge >= 0.3 is 0 Å². The minimum atomic E-state index is -0.0648. The number of hydrogen-bond donors (Lipinski definition) is 2. The van der Waals surface area contributed by atoms with E-state index >= 15 is 0 Å². The molecule has 0 spiro atoms. The van der Waals surface area contributed by atoms with Crippen LogP contribution in [0.3, 0.4) is 0 Å². The second-order valence-electron chi connectivity index (χ2n) is 4.71. The van der Waals surface area contributed by atoms with Crippen LogP contribution in [0.2, 0.25) is 5.02 Å². The molecule has 2 heterocycles. The van der Waals surface area contributed by atoms with E-state index < -0.39 is 0 Å².